The van der Waals surface area contributed by atoms with E-state index < -0.39 is 23.5 Å². The lowest BCUT2D eigenvalue weighted by atomic mass is 10.0. The van der Waals surface area contributed by atoms with Gasteiger partial charge in [0.15, 0.2) is 11.2 Å². The van der Waals surface area contributed by atoms with Gasteiger partial charge in [0.2, 0.25) is 0 Å². The van der Waals surface area contributed by atoms with Crippen molar-refractivity contribution in [1.29, 1.82) is 0 Å². The van der Waals surface area contributed by atoms with Crippen LogP contribution in [0.25, 0.3) is 11.2 Å². The zero-order chi connectivity index (χ0) is 25.5. The number of nitrogens with one attached hydrogen (secondary N) is 3. The first-order chi connectivity index (χ1) is 16.6. The van der Waals surface area contributed by atoms with Gasteiger partial charge < -0.3 is 20.7 Å². The summed E-state index contributed by atoms with van der Waals surface area (Å²) in [6.07, 6.45) is 2.06. The van der Waals surface area contributed by atoms with Crippen molar-refractivity contribution in [1.82, 2.24) is 25.3 Å². The van der Waals surface area contributed by atoms with E-state index in [1.165, 1.54) is 0 Å². The molecule has 0 bridgehead atoms. The maximum Gasteiger partial charge on any atom is 0.326 e. The number of nitrogens with zero attached hydrogens (tertiary/aromatic N) is 3. The Morgan fingerprint density at radius 3 is 2.49 bits per heavy atom. The molecular formula is C24H28N6O5. The summed E-state index contributed by atoms with van der Waals surface area (Å²) in [4.78, 5) is 63.2. The lowest BCUT2D eigenvalue weighted by molar-refractivity contribution is -0.139. The van der Waals surface area contributed by atoms with Gasteiger partial charge in [-0.15, -0.1) is 0 Å². The van der Waals surface area contributed by atoms with Crippen molar-refractivity contribution >= 4 is 34.5 Å². The Bertz CT molecular complexity index is 1290. The highest BCUT2D eigenvalue weighted by Gasteiger charge is 2.22. The van der Waals surface area contributed by atoms with E-state index in [0.717, 1.165) is 0 Å². The van der Waals surface area contributed by atoms with Crippen LogP contribution in [0, 0.1) is 12.8 Å². The molecule has 0 aliphatic heterocycles. The number of aliphatic carboxylic acids is 1. The van der Waals surface area contributed by atoms with Crippen LogP contribution in [0.4, 0.5) is 5.69 Å². The maximum absolute atomic E-state index is 12.5. The normalized spacial score (nSPS) is 11.9. The number of carboxylic acid groups (broad SMARTS) is 1. The maximum atomic E-state index is 12.5. The van der Waals surface area contributed by atoms with Crippen molar-refractivity contribution in [2.75, 3.05) is 5.32 Å². The number of carbonyl (C=O) groups is 3. The summed E-state index contributed by atoms with van der Waals surface area (Å²) in [7, 11) is 0. The molecule has 0 spiro atoms. The lowest BCUT2D eigenvalue weighted by Crippen LogP contribution is -2.41. The molecule has 0 aliphatic carbocycles. The van der Waals surface area contributed by atoms with Gasteiger partial charge in [0.05, 0.1) is 18.4 Å². The van der Waals surface area contributed by atoms with E-state index in [0.29, 0.717) is 29.3 Å². The summed E-state index contributed by atoms with van der Waals surface area (Å²) in [6, 6.07) is 5.31. The highest BCUT2D eigenvalue weighted by Crippen LogP contribution is 2.13. The van der Waals surface area contributed by atoms with Crippen LogP contribution in [0.1, 0.15) is 55.0 Å². The van der Waals surface area contributed by atoms with Crippen LogP contribution in [0.2, 0.25) is 0 Å². The Hall–Kier alpha value is -4.15. The number of H-pyrrole nitrogens is 1. The van der Waals surface area contributed by atoms with Gasteiger partial charge in [-0.25, -0.2) is 14.8 Å². The summed E-state index contributed by atoms with van der Waals surface area (Å²) in [5.41, 5.74) is 1.57. The molecule has 0 saturated carbocycles. The molecule has 1 unspecified atom stereocenters. The molecule has 0 radical (unpaired) electrons. The zero-order valence-corrected chi connectivity index (χ0v) is 19.8. The highest BCUT2D eigenvalue weighted by molar-refractivity contribution is 5.97. The van der Waals surface area contributed by atoms with Gasteiger partial charge in [0.1, 0.15) is 17.6 Å². The van der Waals surface area contributed by atoms with Gasteiger partial charge in [-0.05, 0) is 43.5 Å². The van der Waals surface area contributed by atoms with Crippen molar-refractivity contribution in [3.05, 3.63) is 57.9 Å². The summed E-state index contributed by atoms with van der Waals surface area (Å²) in [5, 5.41) is 15.0. The second-order valence-electron chi connectivity index (χ2n) is 8.66. The monoisotopic (exact) mass is 480 g/mol. The van der Waals surface area contributed by atoms with E-state index in [1.807, 2.05) is 13.8 Å². The number of anilines is 1. The van der Waals surface area contributed by atoms with Crippen molar-refractivity contribution < 1.29 is 19.5 Å². The molecule has 0 fully saturated rings. The fraction of sp³-hybridized carbons (Fsp3) is 0.375. The lowest BCUT2D eigenvalue weighted by Gasteiger charge is -2.15. The Labute approximate surface area is 201 Å². The zero-order valence-electron chi connectivity index (χ0n) is 19.8. The molecule has 1 aromatic carbocycles. The molecule has 1 atom stereocenters. The fourth-order valence-electron chi connectivity index (χ4n) is 3.45. The molecule has 3 rings (SSSR count). The predicted octanol–water partition coefficient (Wildman–Crippen LogP) is 2.21. The van der Waals surface area contributed by atoms with Gasteiger partial charge in [0, 0.05) is 24.1 Å². The number of benzene rings is 1. The Kier molecular flexibility index (Phi) is 8.24. The van der Waals surface area contributed by atoms with Gasteiger partial charge in [-0.3, -0.25) is 14.4 Å². The Morgan fingerprint density at radius 2 is 1.83 bits per heavy atom. The van der Waals surface area contributed by atoms with E-state index in [9.17, 15) is 24.3 Å². The minimum absolute atomic E-state index is 0.0250. The number of aromatic nitrogens is 4. The van der Waals surface area contributed by atoms with E-state index in [4.69, 9.17) is 0 Å². The van der Waals surface area contributed by atoms with E-state index in [2.05, 4.69) is 30.6 Å². The number of hydrogen-bond donors (Lipinski definition) is 4. The summed E-state index contributed by atoms with van der Waals surface area (Å²) in [5.74, 6) is -1.09. The first-order valence-corrected chi connectivity index (χ1v) is 11.2. The summed E-state index contributed by atoms with van der Waals surface area (Å²) < 4.78 is 0. The summed E-state index contributed by atoms with van der Waals surface area (Å²) >= 11 is 0. The van der Waals surface area contributed by atoms with Crippen LogP contribution in [-0.4, -0.2) is 48.7 Å². The molecule has 11 nitrogen and oxygen atoms in total. The van der Waals surface area contributed by atoms with Crippen molar-refractivity contribution in [3.8, 4) is 0 Å². The highest BCUT2D eigenvalue weighted by atomic mass is 16.4. The molecule has 0 aliphatic rings. The molecule has 1 amide bonds. The third-order valence-electron chi connectivity index (χ3n) is 5.17. The summed E-state index contributed by atoms with van der Waals surface area (Å²) in [6.45, 7) is 5.79. The van der Waals surface area contributed by atoms with Gasteiger partial charge >= 0.3 is 11.5 Å². The average Bonchev–Trinajstić information content (AvgIpc) is 2.80. The standard InChI is InChI=1S/C24H28N6O5/c1-13(2)10-18(31)8-9-19(24(34)35)30-22(32)15-4-6-16(7-5-15)25-11-17-12-26-21-20(29-17)23(33)28-14(3)27-21/h4-7,12-13,19,25H,8-11H2,1-3H3,(H,30,32)(H,34,35)(H,26,27,28,33). The number of carboxylic acids is 1. The van der Waals surface area contributed by atoms with E-state index >= 15 is 0 Å². The largest absolute Gasteiger partial charge is 0.480 e. The Balaban J connectivity index is 1.58. The molecule has 11 heteroatoms. The minimum atomic E-state index is -1.19. The van der Waals surface area contributed by atoms with Crippen LogP contribution < -0.4 is 16.2 Å². The number of carbonyl (C=O) groups excluding carboxylic acids is 2. The van der Waals surface area contributed by atoms with Crippen LogP contribution in [0.3, 0.4) is 0 Å². The van der Waals surface area contributed by atoms with Crippen molar-refractivity contribution in [2.45, 2.75) is 52.6 Å². The first kappa shape index (κ1) is 25.5. The predicted molar refractivity (Wildman–Crippen MR) is 129 cm³/mol. The van der Waals surface area contributed by atoms with Gasteiger partial charge in [-0.2, -0.15) is 4.98 Å². The number of fused-ring (bicyclic) bond motifs is 1. The molecular weight excluding hydrogens is 452 g/mol. The van der Waals surface area contributed by atoms with Crippen LogP contribution >= 0.6 is 0 Å². The number of Topliss-reactive ketones (excluding diaryl/α,β-unsaturated/α-hetero) is 1. The molecule has 184 valence electrons. The molecule has 0 saturated heterocycles. The molecule has 4 N–H and O–H groups in total. The number of rotatable bonds is 11. The van der Waals surface area contributed by atoms with Gasteiger partial charge in [-0.1, -0.05) is 13.8 Å². The molecule has 2 aromatic heterocycles. The van der Waals surface area contributed by atoms with Crippen molar-refractivity contribution in [3.63, 3.8) is 0 Å². The van der Waals surface area contributed by atoms with Crippen molar-refractivity contribution in [2.24, 2.45) is 5.92 Å². The van der Waals surface area contributed by atoms with Crippen LogP contribution in [-0.2, 0) is 16.1 Å². The SMILES string of the molecule is Cc1nc(=O)c2nc(CNc3ccc(C(=O)NC(CCC(=O)CC(C)C)C(=O)O)cc3)cnc2[nH]1. The second-order valence-corrected chi connectivity index (χ2v) is 8.66. The third kappa shape index (κ3) is 7.16. The first-order valence-electron chi connectivity index (χ1n) is 11.2. The molecule has 2 heterocycles. The molecule has 35 heavy (non-hydrogen) atoms. The quantitative estimate of drug-likeness (QED) is 0.322. The second kappa shape index (κ2) is 11.3. The van der Waals surface area contributed by atoms with Gasteiger partial charge in [0.25, 0.3) is 5.91 Å². The van der Waals surface area contributed by atoms with Crippen LogP contribution in [0.15, 0.2) is 35.3 Å². The van der Waals surface area contributed by atoms with E-state index in [1.54, 1.807) is 37.4 Å². The Morgan fingerprint density at radius 1 is 1.11 bits per heavy atom. The minimum Gasteiger partial charge on any atom is -0.480 e. The topological polar surface area (TPSA) is 167 Å². The smallest absolute Gasteiger partial charge is 0.326 e. The third-order valence-corrected chi connectivity index (χ3v) is 5.17. The number of ketones is 1. The number of aromatic amines is 1. The van der Waals surface area contributed by atoms with E-state index in [-0.39, 0.29) is 42.2 Å². The fourth-order valence-corrected chi connectivity index (χ4v) is 3.45. The number of amides is 1. The number of hydrogen-bond acceptors (Lipinski definition) is 8. The average molecular weight is 481 g/mol. The van der Waals surface area contributed by atoms with Crippen LogP contribution in [0.5, 0.6) is 0 Å². The number of aryl methyl sites for hydroxylation is 1. The molecule has 3 aromatic rings.